The van der Waals surface area contributed by atoms with Crippen molar-refractivity contribution in [1.82, 2.24) is 19.6 Å². The van der Waals surface area contributed by atoms with Crippen molar-refractivity contribution in [3.8, 4) is 0 Å². The van der Waals surface area contributed by atoms with Crippen LogP contribution in [0.15, 0.2) is 18.2 Å². The number of aliphatic hydroxyl groups excluding tert-OH is 1. The smallest absolute Gasteiger partial charge is 0.274 e. The van der Waals surface area contributed by atoms with Crippen LogP contribution in [0.5, 0.6) is 0 Å². The Balaban J connectivity index is 1.13. The Kier molecular flexibility index (Phi) is 5.59. The molecule has 6 rings (SSSR count). The van der Waals surface area contributed by atoms with Crippen LogP contribution >= 0.6 is 0 Å². The van der Waals surface area contributed by atoms with E-state index in [1.165, 1.54) is 16.8 Å². The summed E-state index contributed by atoms with van der Waals surface area (Å²) in [6, 6.07) is 6.53. The summed E-state index contributed by atoms with van der Waals surface area (Å²) in [5.74, 6) is 0.254. The van der Waals surface area contributed by atoms with Gasteiger partial charge >= 0.3 is 0 Å². The average Bonchev–Trinajstić information content (AvgIpc) is 3.63. The molecule has 2 aliphatic carbocycles. The number of amides is 2. The van der Waals surface area contributed by atoms with Gasteiger partial charge in [-0.15, -0.1) is 0 Å². The van der Waals surface area contributed by atoms with Gasteiger partial charge in [-0.1, -0.05) is 12.1 Å². The number of aromatic nitrogens is 2. The van der Waals surface area contributed by atoms with E-state index in [1.807, 2.05) is 9.80 Å². The van der Waals surface area contributed by atoms with Gasteiger partial charge in [-0.25, -0.2) is 0 Å². The van der Waals surface area contributed by atoms with Gasteiger partial charge in [0.1, 0.15) is 6.54 Å². The highest BCUT2D eigenvalue weighted by molar-refractivity contribution is 5.95. The predicted octanol–water partition coefficient (Wildman–Crippen LogP) is 1.93. The summed E-state index contributed by atoms with van der Waals surface area (Å²) in [5.41, 5.74) is 6.47. The standard InChI is InChI=1S/C27H35N5O3/c1-17-5-3-7-22(18(17)2)29-9-11-30(12-10-29)25(34)16-32-23-8-4-6-21(23)26(28-32)27(35)31-15-19-13-20(31)14-24(19)33/h3,5,7,19-20,24,33H,4,6,8-16H2,1-2H3. The normalized spacial score (nSPS) is 25.5. The Hall–Kier alpha value is -2.87. The average molecular weight is 478 g/mol. The summed E-state index contributed by atoms with van der Waals surface area (Å²) in [7, 11) is 0. The number of carbonyl (C=O) groups excluding carboxylic acids is 2. The number of piperidine rings is 1. The molecule has 3 unspecified atom stereocenters. The summed E-state index contributed by atoms with van der Waals surface area (Å²) in [6.45, 7) is 8.15. The SMILES string of the molecule is Cc1cccc(N2CCN(C(=O)Cn3nc(C(=O)N4CC5CC4CC5O)c4c3CCC4)CC2)c1C. The monoisotopic (exact) mass is 477 g/mol. The molecule has 0 spiro atoms. The lowest BCUT2D eigenvalue weighted by Crippen LogP contribution is -2.50. The van der Waals surface area contributed by atoms with E-state index >= 15 is 0 Å². The molecule has 3 fully saturated rings. The van der Waals surface area contributed by atoms with Crippen LogP contribution in [0.4, 0.5) is 5.69 Å². The lowest BCUT2D eigenvalue weighted by atomic mass is 10.1. The molecule has 3 atom stereocenters. The van der Waals surface area contributed by atoms with Crippen molar-refractivity contribution in [3.05, 3.63) is 46.3 Å². The van der Waals surface area contributed by atoms with Crippen LogP contribution in [0.1, 0.15) is 52.1 Å². The molecule has 2 amide bonds. The van der Waals surface area contributed by atoms with Crippen molar-refractivity contribution in [2.75, 3.05) is 37.6 Å². The maximum Gasteiger partial charge on any atom is 0.274 e. The molecule has 0 radical (unpaired) electrons. The maximum atomic E-state index is 13.4. The third-order valence-corrected chi connectivity index (χ3v) is 8.81. The largest absolute Gasteiger partial charge is 0.393 e. The number of hydrogen-bond acceptors (Lipinski definition) is 5. The number of benzene rings is 1. The lowest BCUT2D eigenvalue weighted by molar-refractivity contribution is -0.132. The zero-order valence-corrected chi connectivity index (χ0v) is 20.7. The maximum absolute atomic E-state index is 13.4. The molecule has 2 aliphatic heterocycles. The first-order chi connectivity index (χ1) is 16.9. The van der Waals surface area contributed by atoms with Gasteiger partial charge in [-0.3, -0.25) is 14.3 Å². The van der Waals surface area contributed by atoms with Crippen LogP contribution in [0.25, 0.3) is 0 Å². The molecule has 4 aliphatic rings. The second-order valence-corrected chi connectivity index (χ2v) is 10.8. The summed E-state index contributed by atoms with van der Waals surface area (Å²) >= 11 is 0. The lowest BCUT2D eigenvalue weighted by Gasteiger charge is -2.37. The molecule has 8 nitrogen and oxygen atoms in total. The fourth-order valence-corrected chi connectivity index (χ4v) is 6.63. The van der Waals surface area contributed by atoms with E-state index in [9.17, 15) is 14.7 Å². The molecular weight excluding hydrogens is 442 g/mol. The molecule has 186 valence electrons. The van der Waals surface area contributed by atoms with Gasteiger partial charge in [0.05, 0.1) is 6.10 Å². The zero-order chi connectivity index (χ0) is 24.3. The van der Waals surface area contributed by atoms with Gasteiger partial charge in [0.25, 0.3) is 5.91 Å². The topological polar surface area (TPSA) is 81.9 Å². The molecular formula is C27H35N5O3. The summed E-state index contributed by atoms with van der Waals surface area (Å²) in [6.07, 6.45) is 4.01. The molecule has 2 aromatic rings. The summed E-state index contributed by atoms with van der Waals surface area (Å²) < 4.78 is 1.80. The highest BCUT2D eigenvalue weighted by Crippen LogP contribution is 2.39. The zero-order valence-electron chi connectivity index (χ0n) is 20.7. The Morgan fingerprint density at radius 2 is 1.89 bits per heavy atom. The minimum Gasteiger partial charge on any atom is -0.393 e. The first-order valence-corrected chi connectivity index (χ1v) is 13.1. The van der Waals surface area contributed by atoms with Crippen LogP contribution in [0, 0.1) is 19.8 Å². The molecule has 1 N–H and O–H groups in total. The van der Waals surface area contributed by atoms with Gasteiger partial charge in [0, 0.05) is 61.6 Å². The number of anilines is 1. The van der Waals surface area contributed by atoms with Crippen molar-refractivity contribution in [2.24, 2.45) is 5.92 Å². The number of fused-ring (bicyclic) bond motifs is 3. The Labute approximate surface area is 206 Å². The van der Waals surface area contributed by atoms with E-state index in [0.29, 0.717) is 31.7 Å². The number of hydrogen-bond donors (Lipinski definition) is 1. The van der Waals surface area contributed by atoms with Crippen molar-refractivity contribution >= 4 is 17.5 Å². The number of aryl methyl sites for hydroxylation is 1. The molecule has 2 bridgehead atoms. The first-order valence-electron chi connectivity index (χ1n) is 13.1. The number of aliphatic hydroxyl groups is 1. The molecule has 1 saturated carbocycles. The van der Waals surface area contributed by atoms with Gasteiger partial charge in [-0.2, -0.15) is 5.10 Å². The van der Waals surface area contributed by atoms with Gasteiger partial charge < -0.3 is 19.8 Å². The molecule has 8 heteroatoms. The second-order valence-electron chi connectivity index (χ2n) is 10.8. The quantitative estimate of drug-likeness (QED) is 0.728. The fourth-order valence-electron chi connectivity index (χ4n) is 6.63. The van der Waals surface area contributed by atoms with Crippen LogP contribution in [0.3, 0.4) is 0 Å². The number of carbonyl (C=O) groups is 2. The fraction of sp³-hybridized carbons (Fsp3) is 0.593. The number of nitrogens with zero attached hydrogens (tertiary/aromatic N) is 5. The Morgan fingerprint density at radius 3 is 2.60 bits per heavy atom. The number of piperazine rings is 1. The van der Waals surface area contributed by atoms with Gasteiger partial charge in [0.2, 0.25) is 5.91 Å². The van der Waals surface area contributed by atoms with Crippen molar-refractivity contribution in [1.29, 1.82) is 0 Å². The third kappa shape index (κ3) is 3.82. The van der Waals surface area contributed by atoms with Crippen LogP contribution in [-0.4, -0.2) is 81.4 Å². The van der Waals surface area contributed by atoms with E-state index in [2.05, 4.69) is 36.9 Å². The Bertz CT molecular complexity index is 1160. The minimum absolute atomic E-state index is 0.0177. The molecule has 35 heavy (non-hydrogen) atoms. The Morgan fingerprint density at radius 1 is 1.09 bits per heavy atom. The van der Waals surface area contributed by atoms with Gasteiger partial charge in [-0.05, 0) is 63.1 Å². The van der Waals surface area contributed by atoms with Crippen molar-refractivity contribution < 1.29 is 14.7 Å². The molecule has 3 heterocycles. The highest BCUT2D eigenvalue weighted by atomic mass is 16.3. The van der Waals surface area contributed by atoms with Gasteiger partial charge in [0.15, 0.2) is 5.69 Å². The second kappa shape index (κ2) is 8.66. The molecule has 1 aromatic carbocycles. The van der Waals surface area contributed by atoms with E-state index in [0.717, 1.165) is 50.0 Å². The number of rotatable bonds is 4. The molecule has 1 aromatic heterocycles. The van der Waals surface area contributed by atoms with E-state index < -0.39 is 0 Å². The highest BCUT2D eigenvalue weighted by Gasteiger charge is 2.47. The van der Waals surface area contributed by atoms with Crippen LogP contribution in [-0.2, 0) is 24.2 Å². The summed E-state index contributed by atoms with van der Waals surface area (Å²) in [5, 5.41) is 14.8. The predicted molar refractivity (Wildman–Crippen MR) is 133 cm³/mol. The van der Waals surface area contributed by atoms with Crippen LogP contribution < -0.4 is 4.90 Å². The van der Waals surface area contributed by atoms with E-state index in [4.69, 9.17) is 5.10 Å². The first kappa shape index (κ1) is 22.6. The van der Waals surface area contributed by atoms with E-state index in [1.54, 1.807) is 4.68 Å². The van der Waals surface area contributed by atoms with Crippen molar-refractivity contribution in [2.45, 2.75) is 64.6 Å². The van der Waals surface area contributed by atoms with E-state index in [-0.39, 0.29) is 36.4 Å². The summed E-state index contributed by atoms with van der Waals surface area (Å²) in [4.78, 5) is 32.8. The minimum atomic E-state index is -0.278. The van der Waals surface area contributed by atoms with Crippen molar-refractivity contribution in [3.63, 3.8) is 0 Å². The van der Waals surface area contributed by atoms with Crippen LogP contribution in [0.2, 0.25) is 0 Å². The molecule has 2 saturated heterocycles. The number of likely N-dealkylation sites (tertiary alicyclic amines) is 1. The third-order valence-electron chi connectivity index (χ3n) is 8.81.